The first kappa shape index (κ1) is 16.4. The summed E-state index contributed by atoms with van der Waals surface area (Å²) < 4.78 is 8.08. The van der Waals surface area contributed by atoms with Crippen LogP contribution in [0.4, 0.5) is 5.82 Å². The highest BCUT2D eigenvalue weighted by atomic mass is 16.5. The average molecular weight is 327 g/mol. The van der Waals surface area contributed by atoms with E-state index in [1.54, 1.807) is 18.2 Å². The Morgan fingerprint density at radius 2 is 2.25 bits per heavy atom. The number of ether oxygens (including phenoxy) is 1. The van der Waals surface area contributed by atoms with Crippen molar-refractivity contribution in [3.63, 3.8) is 0 Å². The van der Waals surface area contributed by atoms with Crippen molar-refractivity contribution >= 4 is 11.9 Å². The van der Waals surface area contributed by atoms with Gasteiger partial charge in [0.05, 0.1) is 17.8 Å². The SMILES string of the molecule is C=Cc1c(O)cccc1OCC1CCCN1c1ccnn1C(C)C. The number of aromatic nitrogens is 2. The van der Waals surface area contributed by atoms with Crippen LogP contribution in [0.5, 0.6) is 11.5 Å². The van der Waals surface area contributed by atoms with E-state index in [9.17, 15) is 5.11 Å². The van der Waals surface area contributed by atoms with Crippen molar-refractivity contribution in [2.45, 2.75) is 38.8 Å². The molecule has 5 nitrogen and oxygen atoms in total. The van der Waals surface area contributed by atoms with Gasteiger partial charge in [-0.05, 0) is 38.8 Å². The number of anilines is 1. The molecule has 1 N–H and O–H groups in total. The minimum absolute atomic E-state index is 0.198. The van der Waals surface area contributed by atoms with Crippen LogP contribution >= 0.6 is 0 Å². The van der Waals surface area contributed by atoms with E-state index in [-0.39, 0.29) is 5.75 Å². The molecule has 5 heteroatoms. The molecule has 1 unspecified atom stereocenters. The molecule has 0 aliphatic carbocycles. The normalized spacial score (nSPS) is 17.5. The van der Waals surface area contributed by atoms with Gasteiger partial charge in [-0.15, -0.1) is 0 Å². The third-order valence-electron chi connectivity index (χ3n) is 4.49. The van der Waals surface area contributed by atoms with Gasteiger partial charge in [-0.1, -0.05) is 18.7 Å². The van der Waals surface area contributed by atoms with Crippen LogP contribution in [-0.4, -0.2) is 34.1 Å². The van der Waals surface area contributed by atoms with Crippen LogP contribution in [0.15, 0.2) is 37.0 Å². The summed E-state index contributed by atoms with van der Waals surface area (Å²) in [7, 11) is 0. The first-order valence-corrected chi connectivity index (χ1v) is 8.49. The number of phenolic OH excluding ortho intramolecular Hbond substituents is 1. The van der Waals surface area contributed by atoms with Gasteiger partial charge in [0.15, 0.2) is 0 Å². The molecular formula is C19H25N3O2. The average Bonchev–Trinajstić information content (AvgIpc) is 3.21. The minimum Gasteiger partial charge on any atom is -0.507 e. The third-order valence-corrected chi connectivity index (χ3v) is 4.49. The Kier molecular flexibility index (Phi) is 4.79. The predicted octanol–water partition coefficient (Wildman–Crippen LogP) is 3.86. The highest BCUT2D eigenvalue weighted by Gasteiger charge is 2.28. The summed E-state index contributed by atoms with van der Waals surface area (Å²) in [6.07, 6.45) is 5.72. The molecule has 2 aromatic rings. The summed E-state index contributed by atoms with van der Waals surface area (Å²) in [5, 5.41) is 14.3. The van der Waals surface area contributed by atoms with Crippen molar-refractivity contribution < 1.29 is 9.84 Å². The van der Waals surface area contributed by atoms with Gasteiger partial charge < -0.3 is 14.7 Å². The summed E-state index contributed by atoms with van der Waals surface area (Å²) in [5.41, 5.74) is 0.647. The molecular weight excluding hydrogens is 302 g/mol. The smallest absolute Gasteiger partial charge is 0.130 e. The van der Waals surface area contributed by atoms with E-state index in [0.717, 1.165) is 25.2 Å². The molecule has 1 aliphatic heterocycles. The van der Waals surface area contributed by atoms with Gasteiger partial charge in [-0.25, -0.2) is 4.68 Å². The van der Waals surface area contributed by atoms with Crippen LogP contribution in [-0.2, 0) is 0 Å². The van der Waals surface area contributed by atoms with Gasteiger partial charge in [0.25, 0.3) is 0 Å². The van der Waals surface area contributed by atoms with Crippen molar-refractivity contribution in [2.24, 2.45) is 0 Å². The summed E-state index contributed by atoms with van der Waals surface area (Å²) in [6, 6.07) is 8.01. The molecule has 0 spiro atoms. The van der Waals surface area contributed by atoms with Crippen LogP contribution in [0.25, 0.3) is 6.08 Å². The number of hydrogen-bond donors (Lipinski definition) is 1. The summed E-state index contributed by atoms with van der Waals surface area (Å²) in [4.78, 5) is 2.38. The van der Waals surface area contributed by atoms with E-state index in [2.05, 4.69) is 41.2 Å². The summed E-state index contributed by atoms with van der Waals surface area (Å²) >= 11 is 0. The maximum absolute atomic E-state index is 9.91. The maximum Gasteiger partial charge on any atom is 0.130 e. The second kappa shape index (κ2) is 6.99. The lowest BCUT2D eigenvalue weighted by molar-refractivity contribution is 0.285. The lowest BCUT2D eigenvalue weighted by Crippen LogP contribution is -2.36. The van der Waals surface area contributed by atoms with Gasteiger partial charge >= 0.3 is 0 Å². The molecule has 1 aliphatic rings. The largest absolute Gasteiger partial charge is 0.507 e. The Labute approximate surface area is 143 Å². The molecule has 2 heterocycles. The highest BCUT2D eigenvalue weighted by molar-refractivity contribution is 5.62. The van der Waals surface area contributed by atoms with Crippen molar-refractivity contribution in [2.75, 3.05) is 18.1 Å². The molecule has 1 aromatic carbocycles. The molecule has 24 heavy (non-hydrogen) atoms. The Morgan fingerprint density at radius 1 is 1.42 bits per heavy atom. The molecule has 0 bridgehead atoms. The number of benzene rings is 1. The quantitative estimate of drug-likeness (QED) is 0.875. The Bertz CT molecular complexity index is 708. The fourth-order valence-electron chi connectivity index (χ4n) is 3.29. The van der Waals surface area contributed by atoms with Gasteiger partial charge in [-0.3, -0.25) is 0 Å². The van der Waals surface area contributed by atoms with Gasteiger partial charge in [0.2, 0.25) is 0 Å². The van der Waals surface area contributed by atoms with Crippen molar-refractivity contribution in [3.05, 3.63) is 42.6 Å². The van der Waals surface area contributed by atoms with Crippen LogP contribution in [0.1, 0.15) is 38.3 Å². The topological polar surface area (TPSA) is 50.5 Å². The molecule has 1 atom stereocenters. The van der Waals surface area contributed by atoms with Crippen molar-refractivity contribution in [1.29, 1.82) is 0 Å². The first-order valence-electron chi connectivity index (χ1n) is 8.49. The first-order chi connectivity index (χ1) is 11.6. The molecule has 1 aromatic heterocycles. The van der Waals surface area contributed by atoms with Crippen molar-refractivity contribution in [1.82, 2.24) is 9.78 Å². The Morgan fingerprint density at radius 3 is 3.00 bits per heavy atom. The summed E-state index contributed by atoms with van der Waals surface area (Å²) in [6.45, 7) is 9.63. The zero-order valence-electron chi connectivity index (χ0n) is 14.4. The minimum atomic E-state index is 0.198. The fourth-order valence-corrected chi connectivity index (χ4v) is 3.29. The van der Waals surface area contributed by atoms with E-state index >= 15 is 0 Å². The number of phenols is 1. The molecule has 0 radical (unpaired) electrons. The second-order valence-corrected chi connectivity index (χ2v) is 6.42. The number of rotatable bonds is 6. The zero-order valence-corrected chi connectivity index (χ0v) is 14.4. The van der Waals surface area contributed by atoms with Crippen LogP contribution < -0.4 is 9.64 Å². The van der Waals surface area contributed by atoms with Crippen LogP contribution in [0.2, 0.25) is 0 Å². The molecule has 1 fully saturated rings. The predicted molar refractivity (Wildman–Crippen MR) is 96.7 cm³/mol. The van der Waals surface area contributed by atoms with Gasteiger partial charge in [0.1, 0.15) is 23.9 Å². The standard InChI is InChI=1S/C19H25N3O2/c1-4-16-17(23)8-5-9-18(16)24-13-15-7-6-12-21(15)19-10-11-20-22(19)14(2)3/h4-5,8-11,14-15,23H,1,6-7,12-13H2,2-3H3. The van der Waals surface area contributed by atoms with E-state index in [1.807, 2.05) is 12.3 Å². The molecule has 3 rings (SSSR count). The van der Waals surface area contributed by atoms with E-state index < -0.39 is 0 Å². The molecule has 1 saturated heterocycles. The van der Waals surface area contributed by atoms with E-state index in [1.165, 1.54) is 0 Å². The Balaban J connectivity index is 1.74. The highest BCUT2D eigenvalue weighted by Crippen LogP contribution is 2.31. The van der Waals surface area contributed by atoms with Crippen LogP contribution in [0.3, 0.4) is 0 Å². The maximum atomic E-state index is 9.91. The zero-order chi connectivity index (χ0) is 17.1. The van der Waals surface area contributed by atoms with Gasteiger partial charge in [-0.2, -0.15) is 5.10 Å². The molecule has 0 saturated carbocycles. The van der Waals surface area contributed by atoms with E-state index in [4.69, 9.17) is 4.74 Å². The molecule has 128 valence electrons. The fraction of sp³-hybridized carbons (Fsp3) is 0.421. The second-order valence-electron chi connectivity index (χ2n) is 6.42. The number of hydrogen-bond acceptors (Lipinski definition) is 4. The van der Waals surface area contributed by atoms with Crippen molar-refractivity contribution in [3.8, 4) is 11.5 Å². The lowest BCUT2D eigenvalue weighted by Gasteiger charge is -2.28. The number of nitrogens with zero attached hydrogens (tertiary/aromatic N) is 3. The van der Waals surface area contributed by atoms with Crippen LogP contribution in [0, 0.1) is 0 Å². The summed E-state index contributed by atoms with van der Waals surface area (Å²) in [5.74, 6) is 2.02. The Hall–Kier alpha value is -2.43. The monoisotopic (exact) mass is 327 g/mol. The lowest BCUT2D eigenvalue weighted by atomic mass is 10.1. The molecule has 0 amide bonds. The third kappa shape index (κ3) is 3.11. The van der Waals surface area contributed by atoms with E-state index in [0.29, 0.717) is 30.0 Å². The number of aromatic hydroxyl groups is 1. The van der Waals surface area contributed by atoms with Gasteiger partial charge in [0, 0.05) is 18.7 Å².